The van der Waals surface area contributed by atoms with E-state index < -0.39 is 23.5 Å². The van der Waals surface area contributed by atoms with E-state index in [1.165, 1.54) is 16.5 Å². The van der Waals surface area contributed by atoms with Gasteiger partial charge in [0.05, 0.1) is 27.6 Å². The van der Waals surface area contributed by atoms with E-state index in [2.05, 4.69) is 5.32 Å². The van der Waals surface area contributed by atoms with Crippen LogP contribution in [0.3, 0.4) is 0 Å². The fourth-order valence-corrected chi connectivity index (χ4v) is 5.13. The van der Waals surface area contributed by atoms with Gasteiger partial charge in [-0.05, 0) is 39.0 Å². The van der Waals surface area contributed by atoms with E-state index >= 15 is 0 Å². The monoisotopic (exact) mass is 496 g/mol. The SMILES string of the molecule is CN(CC(=O)n1c2ccccc2c2c3c(n4c5ccccc5cc4c21)C(=O)NC3=O)C(=O)OC(C)(C)C. The minimum absolute atomic E-state index is 0.233. The number of nitrogens with zero attached hydrogens (tertiary/aromatic N) is 3. The number of amides is 3. The van der Waals surface area contributed by atoms with Crippen LogP contribution in [-0.2, 0) is 4.74 Å². The summed E-state index contributed by atoms with van der Waals surface area (Å²) in [5.41, 5.74) is 2.21. The number of carbonyl (C=O) groups excluding carboxylic acids is 4. The average Bonchev–Trinajstić information content (AvgIpc) is 3.47. The highest BCUT2D eigenvalue weighted by Gasteiger charge is 2.36. The Morgan fingerprint density at radius 2 is 1.62 bits per heavy atom. The predicted octanol–water partition coefficient (Wildman–Crippen LogP) is 4.59. The summed E-state index contributed by atoms with van der Waals surface area (Å²) in [7, 11) is 1.50. The molecule has 2 aromatic carbocycles. The second-order valence-electron chi connectivity index (χ2n) is 10.2. The van der Waals surface area contributed by atoms with Crippen molar-refractivity contribution in [1.29, 1.82) is 0 Å². The van der Waals surface area contributed by atoms with Gasteiger partial charge < -0.3 is 14.0 Å². The molecule has 4 heterocycles. The van der Waals surface area contributed by atoms with Crippen molar-refractivity contribution in [2.24, 2.45) is 0 Å². The molecular formula is C28H24N4O5. The van der Waals surface area contributed by atoms with Crippen LogP contribution in [-0.4, -0.2) is 56.9 Å². The number of ether oxygens (including phenoxy) is 1. The minimum atomic E-state index is -0.708. The number of fused-ring (bicyclic) bond motifs is 10. The van der Waals surface area contributed by atoms with Crippen molar-refractivity contribution in [1.82, 2.24) is 19.2 Å². The Balaban J connectivity index is 1.68. The Labute approximate surface area is 211 Å². The number of imide groups is 1. The zero-order valence-corrected chi connectivity index (χ0v) is 20.8. The molecule has 3 amide bonds. The Morgan fingerprint density at radius 1 is 0.946 bits per heavy atom. The lowest BCUT2D eigenvalue weighted by Gasteiger charge is -2.24. The summed E-state index contributed by atoms with van der Waals surface area (Å²) in [4.78, 5) is 53.8. The molecular weight excluding hydrogens is 472 g/mol. The van der Waals surface area contributed by atoms with Crippen molar-refractivity contribution < 1.29 is 23.9 Å². The van der Waals surface area contributed by atoms with Crippen LogP contribution in [0.4, 0.5) is 4.79 Å². The third-order valence-corrected chi connectivity index (χ3v) is 6.53. The molecule has 9 heteroatoms. The number of hydrogen-bond acceptors (Lipinski definition) is 5. The molecule has 1 aliphatic heterocycles. The maximum Gasteiger partial charge on any atom is 0.410 e. The quantitative estimate of drug-likeness (QED) is 0.360. The molecule has 1 N–H and O–H groups in total. The van der Waals surface area contributed by atoms with Gasteiger partial charge in [-0.25, -0.2) is 4.79 Å². The van der Waals surface area contributed by atoms with Gasteiger partial charge in [0.25, 0.3) is 17.7 Å². The van der Waals surface area contributed by atoms with Crippen LogP contribution < -0.4 is 5.32 Å². The van der Waals surface area contributed by atoms with Crippen molar-refractivity contribution in [2.45, 2.75) is 26.4 Å². The second kappa shape index (κ2) is 7.67. The van der Waals surface area contributed by atoms with Crippen molar-refractivity contribution in [3.63, 3.8) is 0 Å². The van der Waals surface area contributed by atoms with Gasteiger partial charge >= 0.3 is 6.09 Å². The lowest BCUT2D eigenvalue weighted by Crippen LogP contribution is -2.38. The fourth-order valence-electron chi connectivity index (χ4n) is 5.13. The number of rotatable bonds is 2. The van der Waals surface area contributed by atoms with Crippen LogP contribution in [0, 0.1) is 0 Å². The molecule has 0 aliphatic carbocycles. The summed E-state index contributed by atoms with van der Waals surface area (Å²) in [6, 6.07) is 16.7. The van der Waals surface area contributed by atoms with Gasteiger partial charge in [0.2, 0.25) is 0 Å². The highest BCUT2D eigenvalue weighted by atomic mass is 16.6. The first-order valence-corrected chi connectivity index (χ1v) is 11.9. The molecule has 0 atom stereocenters. The van der Waals surface area contributed by atoms with Gasteiger partial charge in [-0.1, -0.05) is 36.4 Å². The lowest BCUT2D eigenvalue weighted by molar-refractivity contribution is 0.0287. The number of likely N-dealkylation sites (N-methyl/N-ethyl adjacent to an activating group) is 1. The Hall–Kier alpha value is -4.66. The number of aromatic nitrogens is 2. The molecule has 9 nitrogen and oxygen atoms in total. The van der Waals surface area contributed by atoms with Crippen LogP contribution in [0.25, 0.3) is 38.2 Å². The van der Waals surface area contributed by atoms with E-state index in [-0.39, 0.29) is 23.7 Å². The molecule has 6 rings (SSSR count). The fraction of sp³-hybridized carbons (Fsp3) is 0.214. The molecule has 0 bridgehead atoms. The van der Waals surface area contributed by atoms with Crippen LogP contribution >= 0.6 is 0 Å². The lowest BCUT2D eigenvalue weighted by atomic mass is 10.1. The van der Waals surface area contributed by atoms with Crippen LogP contribution in [0.2, 0.25) is 0 Å². The minimum Gasteiger partial charge on any atom is -0.444 e. The molecule has 37 heavy (non-hydrogen) atoms. The Bertz CT molecular complexity index is 1840. The molecule has 5 aromatic rings. The molecule has 0 radical (unpaired) electrons. The number of benzene rings is 2. The van der Waals surface area contributed by atoms with E-state index in [1.54, 1.807) is 37.3 Å². The van der Waals surface area contributed by atoms with Gasteiger partial charge in [0.1, 0.15) is 17.8 Å². The highest BCUT2D eigenvalue weighted by molar-refractivity contribution is 6.33. The summed E-state index contributed by atoms with van der Waals surface area (Å²) < 4.78 is 8.70. The zero-order chi connectivity index (χ0) is 26.2. The maximum absolute atomic E-state index is 13.9. The van der Waals surface area contributed by atoms with Crippen molar-refractivity contribution in [3.05, 3.63) is 65.9 Å². The van der Waals surface area contributed by atoms with Gasteiger partial charge in [-0.3, -0.25) is 24.3 Å². The van der Waals surface area contributed by atoms with Gasteiger partial charge in [-0.2, -0.15) is 0 Å². The maximum atomic E-state index is 13.9. The highest BCUT2D eigenvalue weighted by Crippen LogP contribution is 2.40. The number of carbonyl (C=O) groups is 4. The van der Waals surface area contributed by atoms with E-state index in [0.29, 0.717) is 27.3 Å². The molecule has 3 aromatic heterocycles. The first-order chi connectivity index (χ1) is 17.6. The van der Waals surface area contributed by atoms with Crippen molar-refractivity contribution >= 4 is 62.0 Å². The van der Waals surface area contributed by atoms with Crippen LogP contribution in [0.15, 0.2) is 54.6 Å². The van der Waals surface area contributed by atoms with E-state index in [9.17, 15) is 19.2 Å². The van der Waals surface area contributed by atoms with Gasteiger partial charge in [0, 0.05) is 23.2 Å². The standard InChI is InChI=1S/C28H24N4O5/c1-28(2,3)37-27(36)30(4)14-20(33)32-18-12-8-6-10-16(18)21-22-24(26(35)29-25(22)34)31-17-11-7-5-9-15(17)13-19(31)23(21)32/h5-13H,14H2,1-4H3,(H,29,34,35). The second-order valence-corrected chi connectivity index (χ2v) is 10.2. The first-order valence-electron chi connectivity index (χ1n) is 11.9. The third kappa shape index (κ3) is 3.31. The summed E-state index contributed by atoms with van der Waals surface area (Å²) >= 11 is 0. The number of para-hydroxylation sites is 2. The molecule has 186 valence electrons. The summed E-state index contributed by atoms with van der Waals surface area (Å²) in [6.45, 7) is 5.02. The topological polar surface area (TPSA) is 102 Å². The van der Waals surface area contributed by atoms with Gasteiger partial charge in [-0.15, -0.1) is 0 Å². The molecule has 0 saturated heterocycles. The Morgan fingerprint density at radius 3 is 2.35 bits per heavy atom. The zero-order valence-electron chi connectivity index (χ0n) is 20.8. The van der Waals surface area contributed by atoms with Gasteiger partial charge in [0.15, 0.2) is 0 Å². The largest absolute Gasteiger partial charge is 0.444 e. The van der Waals surface area contributed by atoms with E-state index in [1.807, 2.05) is 42.5 Å². The predicted molar refractivity (Wildman–Crippen MR) is 139 cm³/mol. The summed E-state index contributed by atoms with van der Waals surface area (Å²) in [5, 5.41) is 4.48. The van der Waals surface area contributed by atoms with Crippen molar-refractivity contribution in [2.75, 3.05) is 13.6 Å². The molecule has 0 unspecified atom stereocenters. The Kier molecular flexibility index (Phi) is 4.72. The van der Waals surface area contributed by atoms with Crippen LogP contribution in [0.5, 0.6) is 0 Å². The van der Waals surface area contributed by atoms with Crippen molar-refractivity contribution in [3.8, 4) is 0 Å². The summed E-state index contributed by atoms with van der Waals surface area (Å²) in [6.07, 6.45) is -0.619. The first kappa shape index (κ1) is 22.8. The number of pyridine rings is 1. The number of nitrogens with one attached hydrogen (secondary N) is 1. The molecule has 0 fully saturated rings. The molecule has 0 saturated carbocycles. The number of hydrogen-bond donors (Lipinski definition) is 1. The molecule has 0 spiro atoms. The summed E-state index contributed by atoms with van der Waals surface area (Å²) in [5.74, 6) is -1.37. The molecule has 1 aliphatic rings. The average molecular weight is 497 g/mol. The van der Waals surface area contributed by atoms with Crippen LogP contribution in [0.1, 0.15) is 46.4 Å². The third-order valence-electron chi connectivity index (χ3n) is 6.53. The van der Waals surface area contributed by atoms with E-state index in [4.69, 9.17) is 4.74 Å². The normalized spacial score (nSPS) is 13.5. The smallest absolute Gasteiger partial charge is 0.410 e. The van der Waals surface area contributed by atoms with E-state index in [0.717, 1.165) is 10.9 Å².